The van der Waals surface area contributed by atoms with Gasteiger partial charge < -0.3 is 9.84 Å². The molecule has 1 N–H and O–H groups in total. The van der Waals surface area contributed by atoms with Gasteiger partial charge >= 0.3 is 5.97 Å². The van der Waals surface area contributed by atoms with Crippen molar-refractivity contribution in [1.29, 1.82) is 0 Å². The molecule has 0 radical (unpaired) electrons. The number of hydrogen-bond donors (Lipinski definition) is 1. The summed E-state index contributed by atoms with van der Waals surface area (Å²) in [5.74, 6) is 2.41. The van der Waals surface area contributed by atoms with E-state index in [0.29, 0.717) is 23.5 Å². The monoisotopic (exact) mass is 314 g/mol. The molecule has 0 saturated heterocycles. The highest BCUT2D eigenvalue weighted by Crippen LogP contribution is 2.60. The molecule has 1 aromatic rings. The van der Waals surface area contributed by atoms with Gasteiger partial charge in [0.05, 0.1) is 6.10 Å². The largest absolute Gasteiger partial charge is 0.427 e. The maximum absolute atomic E-state index is 11.2. The van der Waals surface area contributed by atoms with Crippen molar-refractivity contribution < 1.29 is 14.6 Å². The Morgan fingerprint density at radius 1 is 1.26 bits per heavy atom. The summed E-state index contributed by atoms with van der Waals surface area (Å²) >= 11 is 0. The van der Waals surface area contributed by atoms with Gasteiger partial charge in [-0.05, 0) is 85.0 Å². The third-order valence-electron chi connectivity index (χ3n) is 6.91. The van der Waals surface area contributed by atoms with Gasteiger partial charge in [-0.25, -0.2) is 0 Å². The maximum atomic E-state index is 11.2. The Labute approximate surface area is 138 Å². The molecule has 0 amide bonds. The van der Waals surface area contributed by atoms with Gasteiger partial charge in [0.1, 0.15) is 5.75 Å². The number of fused-ring (bicyclic) bond motifs is 5. The van der Waals surface area contributed by atoms with Gasteiger partial charge in [0.25, 0.3) is 0 Å². The van der Waals surface area contributed by atoms with Crippen LogP contribution in [0.15, 0.2) is 18.2 Å². The summed E-state index contributed by atoms with van der Waals surface area (Å²) in [5.41, 5.74) is 2.95. The van der Waals surface area contributed by atoms with Crippen LogP contribution in [-0.4, -0.2) is 17.2 Å². The van der Waals surface area contributed by atoms with Crippen molar-refractivity contribution in [2.24, 2.45) is 17.3 Å². The lowest BCUT2D eigenvalue weighted by Crippen LogP contribution is -2.43. The molecule has 0 unspecified atom stereocenters. The van der Waals surface area contributed by atoms with Crippen LogP contribution in [0.3, 0.4) is 0 Å². The van der Waals surface area contributed by atoms with Gasteiger partial charge in [0.2, 0.25) is 0 Å². The number of aryl methyl sites for hydroxylation is 1. The molecule has 2 saturated carbocycles. The Morgan fingerprint density at radius 3 is 2.87 bits per heavy atom. The second-order valence-corrected chi connectivity index (χ2v) is 8.01. The van der Waals surface area contributed by atoms with E-state index >= 15 is 0 Å². The molecule has 3 aliphatic rings. The zero-order valence-electron chi connectivity index (χ0n) is 14.0. The molecule has 0 heterocycles. The van der Waals surface area contributed by atoms with Gasteiger partial charge in [-0.2, -0.15) is 0 Å². The van der Waals surface area contributed by atoms with Crippen molar-refractivity contribution in [3.8, 4) is 5.75 Å². The molecule has 0 bridgehead atoms. The van der Waals surface area contributed by atoms with Crippen LogP contribution >= 0.6 is 0 Å². The zero-order chi connectivity index (χ0) is 16.2. The Kier molecular flexibility index (Phi) is 3.53. The van der Waals surface area contributed by atoms with Crippen LogP contribution in [0, 0.1) is 17.3 Å². The van der Waals surface area contributed by atoms with Gasteiger partial charge in [0.15, 0.2) is 0 Å². The maximum Gasteiger partial charge on any atom is 0.308 e. The first-order valence-corrected chi connectivity index (χ1v) is 8.98. The van der Waals surface area contributed by atoms with Crippen molar-refractivity contribution in [1.82, 2.24) is 0 Å². The fourth-order valence-electron chi connectivity index (χ4n) is 5.76. The number of benzene rings is 1. The Balaban J connectivity index is 1.63. The molecule has 3 aliphatic carbocycles. The normalized spacial score (nSPS) is 38.4. The molecule has 124 valence electrons. The van der Waals surface area contributed by atoms with Crippen LogP contribution < -0.4 is 4.74 Å². The number of carbonyl (C=O) groups excluding carboxylic acids is 1. The molecule has 3 heteroatoms. The van der Waals surface area contributed by atoms with Gasteiger partial charge in [-0.1, -0.05) is 13.0 Å². The van der Waals surface area contributed by atoms with Gasteiger partial charge in [0, 0.05) is 6.92 Å². The van der Waals surface area contributed by atoms with Gasteiger partial charge in [-0.3, -0.25) is 4.79 Å². The Morgan fingerprint density at radius 2 is 2.09 bits per heavy atom. The zero-order valence-corrected chi connectivity index (χ0v) is 14.0. The third kappa shape index (κ3) is 2.32. The highest BCUT2D eigenvalue weighted by molar-refractivity contribution is 5.69. The number of carbonyl (C=O) groups is 1. The quantitative estimate of drug-likeness (QED) is 0.633. The Bertz CT molecular complexity index is 638. The fourth-order valence-corrected chi connectivity index (χ4v) is 5.76. The van der Waals surface area contributed by atoms with Crippen LogP contribution in [0.2, 0.25) is 0 Å². The lowest BCUT2D eigenvalue weighted by Gasteiger charge is -2.50. The van der Waals surface area contributed by atoms with E-state index in [9.17, 15) is 9.90 Å². The molecular weight excluding hydrogens is 288 g/mol. The van der Waals surface area contributed by atoms with E-state index < -0.39 is 0 Å². The minimum absolute atomic E-state index is 0.110. The topological polar surface area (TPSA) is 46.5 Å². The molecule has 0 aliphatic heterocycles. The first-order chi connectivity index (χ1) is 11.0. The second-order valence-electron chi connectivity index (χ2n) is 8.01. The number of aliphatic hydroxyl groups is 1. The van der Waals surface area contributed by atoms with E-state index in [2.05, 4.69) is 19.1 Å². The molecule has 23 heavy (non-hydrogen) atoms. The standard InChI is InChI=1S/C20H26O3/c1-12(21)23-14-4-6-15-13(11-14)3-5-17-16(15)9-10-20(2)18(17)7-8-19(20)22/h4,6,11,16-19,22H,3,5,7-10H2,1-2H3/t16-,17-,18+,19+,20+/m1/s1. The molecule has 3 nitrogen and oxygen atoms in total. The fraction of sp³-hybridized carbons (Fsp3) is 0.650. The lowest BCUT2D eigenvalue weighted by molar-refractivity contribution is -0.131. The van der Waals surface area contributed by atoms with Crippen LogP contribution in [0.25, 0.3) is 0 Å². The van der Waals surface area contributed by atoms with Crippen molar-refractivity contribution in [2.45, 2.75) is 64.4 Å². The van der Waals surface area contributed by atoms with Crippen molar-refractivity contribution in [2.75, 3.05) is 0 Å². The molecular formula is C20H26O3. The van der Waals surface area contributed by atoms with Crippen molar-refractivity contribution in [3.05, 3.63) is 29.3 Å². The lowest BCUT2D eigenvalue weighted by atomic mass is 9.55. The van der Waals surface area contributed by atoms with Crippen LogP contribution in [0.4, 0.5) is 0 Å². The Hall–Kier alpha value is -1.35. The summed E-state index contributed by atoms with van der Waals surface area (Å²) in [6.45, 7) is 3.76. The van der Waals surface area contributed by atoms with Crippen LogP contribution in [0.1, 0.15) is 63.0 Å². The predicted octanol–water partition coefficient (Wildman–Crippen LogP) is 3.83. The summed E-state index contributed by atoms with van der Waals surface area (Å²) in [7, 11) is 0. The molecule has 4 rings (SSSR count). The highest BCUT2D eigenvalue weighted by Gasteiger charge is 2.54. The van der Waals surface area contributed by atoms with Crippen molar-refractivity contribution >= 4 is 5.97 Å². The first kappa shape index (κ1) is 15.2. The average Bonchev–Trinajstić information content (AvgIpc) is 2.82. The smallest absolute Gasteiger partial charge is 0.308 e. The van der Waals surface area contributed by atoms with E-state index in [1.807, 2.05) is 6.07 Å². The van der Waals surface area contributed by atoms with Crippen molar-refractivity contribution in [3.63, 3.8) is 0 Å². The number of hydrogen-bond acceptors (Lipinski definition) is 3. The third-order valence-corrected chi connectivity index (χ3v) is 6.91. The minimum Gasteiger partial charge on any atom is -0.427 e. The van der Waals surface area contributed by atoms with Gasteiger partial charge in [-0.15, -0.1) is 0 Å². The summed E-state index contributed by atoms with van der Waals surface area (Å²) in [4.78, 5) is 11.2. The summed E-state index contributed by atoms with van der Waals surface area (Å²) in [6.07, 6.45) is 6.62. The van der Waals surface area contributed by atoms with E-state index in [4.69, 9.17) is 4.74 Å². The predicted molar refractivity (Wildman–Crippen MR) is 88.4 cm³/mol. The van der Waals surface area contributed by atoms with E-state index in [-0.39, 0.29) is 17.5 Å². The number of esters is 1. The second kappa shape index (κ2) is 5.34. The number of ether oxygens (including phenoxy) is 1. The van der Waals surface area contributed by atoms with E-state index in [1.165, 1.54) is 37.3 Å². The molecule has 2 fully saturated rings. The molecule has 5 atom stereocenters. The average molecular weight is 314 g/mol. The minimum atomic E-state index is -0.257. The SMILES string of the molecule is CC(=O)Oc1ccc2c(c1)CC[C@@H]1[C@@H]2CC[C@]2(C)[C@@H](O)CC[C@@H]12. The molecule has 0 aromatic heterocycles. The summed E-state index contributed by atoms with van der Waals surface area (Å²) in [6, 6.07) is 6.18. The number of rotatable bonds is 1. The van der Waals surface area contributed by atoms with E-state index in [0.717, 1.165) is 19.3 Å². The number of aliphatic hydroxyl groups excluding tert-OH is 1. The highest BCUT2D eigenvalue weighted by atomic mass is 16.5. The summed E-state index contributed by atoms with van der Waals surface area (Å²) in [5, 5.41) is 10.4. The summed E-state index contributed by atoms with van der Waals surface area (Å²) < 4.78 is 5.24. The van der Waals surface area contributed by atoms with Crippen LogP contribution in [0.5, 0.6) is 5.75 Å². The van der Waals surface area contributed by atoms with E-state index in [1.54, 1.807) is 0 Å². The molecule has 1 aromatic carbocycles. The molecule has 0 spiro atoms. The first-order valence-electron chi connectivity index (χ1n) is 8.98. The van der Waals surface area contributed by atoms with Crippen LogP contribution in [-0.2, 0) is 11.2 Å².